The molecule has 0 aliphatic heterocycles. The van der Waals surface area contributed by atoms with E-state index in [1.54, 1.807) is 13.0 Å². The molecule has 0 aromatic carbocycles. The number of aryl methyl sites for hydroxylation is 1. The van der Waals surface area contributed by atoms with E-state index in [9.17, 15) is 4.79 Å². The predicted molar refractivity (Wildman–Crippen MR) is 59.4 cm³/mol. The highest BCUT2D eigenvalue weighted by molar-refractivity contribution is 6.29. The number of rotatable bonds is 4. The quantitative estimate of drug-likeness (QED) is 0.827. The number of aromatic nitrogens is 1. The van der Waals surface area contributed by atoms with Crippen LogP contribution in [0.3, 0.4) is 0 Å². The number of hydrogen-bond donors (Lipinski definition) is 2. The van der Waals surface area contributed by atoms with Gasteiger partial charge in [-0.1, -0.05) is 18.2 Å². The fourth-order valence-corrected chi connectivity index (χ4v) is 1.14. The second-order valence-electron chi connectivity index (χ2n) is 3.01. The number of carbonyl (C=O) groups is 1. The Morgan fingerprint density at radius 3 is 2.80 bits per heavy atom. The molecule has 0 saturated heterocycles. The maximum Gasteiger partial charge on any atom is 0.337 e. The molecule has 0 saturated carbocycles. The molecule has 0 atom stereocenters. The summed E-state index contributed by atoms with van der Waals surface area (Å²) in [6.45, 7) is 5.57. The molecular formula is C10H11ClN2O2. The molecule has 1 aromatic rings. The monoisotopic (exact) mass is 226 g/mol. The fourth-order valence-electron chi connectivity index (χ4n) is 1.07. The number of nitrogens with zero attached hydrogens (tertiary/aromatic N) is 1. The first-order valence-electron chi connectivity index (χ1n) is 4.29. The van der Waals surface area contributed by atoms with Crippen molar-refractivity contribution in [1.29, 1.82) is 0 Å². The third-order valence-electron chi connectivity index (χ3n) is 1.78. The summed E-state index contributed by atoms with van der Waals surface area (Å²) in [7, 11) is 0. The highest BCUT2D eigenvalue weighted by Crippen LogP contribution is 2.11. The van der Waals surface area contributed by atoms with Gasteiger partial charge in [-0.25, -0.2) is 9.78 Å². The summed E-state index contributed by atoms with van der Waals surface area (Å²) >= 11 is 5.57. The van der Waals surface area contributed by atoms with Crippen molar-refractivity contribution in [2.45, 2.75) is 6.92 Å². The molecule has 4 nitrogen and oxygen atoms in total. The number of carboxylic acid groups (broad SMARTS) is 1. The zero-order valence-corrected chi connectivity index (χ0v) is 9.01. The number of carboxylic acids is 1. The minimum Gasteiger partial charge on any atom is -0.478 e. The van der Waals surface area contributed by atoms with Gasteiger partial charge in [-0.15, -0.1) is 0 Å². The van der Waals surface area contributed by atoms with Gasteiger partial charge < -0.3 is 10.4 Å². The van der Waals surface area contributed by atoms with Gasteiger partial charge in [0.15, 0.2) is 0 Å². The van der Waals surface area contributed by atoms with Gasteiger partial charge >= 0.3 is 5.97 Å². The lowest BCUT2D eigenvalue weighted by Crippen LogP contribution is -2.07. The van der Waals surface area contributed by atoms with Crippen molar-refractivity contribution >= 4 is 23.4 Å². The van der Waals surface area contributed by atoms with Gasteiger partial charge in [-0.05, 0) is 19.1 Å². The first kappa shape index (κ1) is 11.5. The van der Waals surface area contributed by atoms with Crippen LogP contribution < -0.4 is 5.32 Å². The van der Waals surface area contributed by atoms with Crippen LogP contribution in [0.2, 0.25) is 0 Å². The summed E-state index contributed by atoms with van der Waals surface area (Å²) in [6, 6.07) is 3.10. The Bertz CT molecular complexity index is 404. The standard InChI is InChI=1S/C10H11ClN2O2/c1-6(11)5-12-9-4-3-8(10(14)15)7(2)13-9/h3-4H,1,5H2,2H3,(H,12,13)(H,14,15). The van der Waals surface area contributed by atoms with E-state index in [4.69, 9.17) is 16.7 Å². The molecule has 0 unspecified atom stereocenters. The van der Waals surface area contributed by atoms with Gasteiger partial charge in [0.05, 0.1) is 17.8 Å². The van der Waals surface area contributed by atoms with E-state index < -0.39 is 5.97 Å². The fraction of sp³-hybridized carbons (Fsp3) is 0.200. The van der Waals surface area contributed by atoms with Crippen LogP contribution in [-0.2, 0) is 0 Å². The molecule has 0 aliphatic carbocycles. The van der Waals surface area contributed by atoms with Gasteiger partial charge in [0, 0.05) is 5.03 Å². The molecule has 1 aromatic heterocycles. The number of halogens is 1. The minimum atomic E-state index is -0.978. The van der Waals surface area contributed by atoms with E-state index in [1.165, 1.54) is 6.07 Å². The zero-order valence-electron chi connectivity index (χ0n) is 8.25. The van der Waals surface area contributed by atoms with Gasteiger partial charge in [-0.2, -0.15) is 0 Å². The molecule has 1 heterocycles. The minimum absolute atomic E-state index is 0.199. The van der Waals surface area contributed by atoms with Crippen LogP contribution in [0.25, 0.3) is 0 Å². The van der Waals surface area contributed by atoms with Crippen molar-refractivity contribution in [1.82, 2.24) is 4.98 Å². The van der Waals surface area contributed by atoms with E-state index in [0.29, 0.717) is 23.1 Å². The van der Waals surface area contributed by atoms with E-state index >= 15 is 0 Å². The third kappa shape index (κ3) is 3.25. The maximum absolute atomic E-state index is 10.7. The van der Waals surface area contributed by atoms with Crippen LogP contribution >= 0.6 is 11.6 Å². The van der Waals surface area contributed by atoms with Gasteiger partial charge in [0.25, 0.3) is 0 Å². The number of anilines is 1. The Hall–Kier alpha value is -1.55. The number of nitrogens with one attached hydrogen (secondary N) is 1. The summed E-state index contributed by atoms with van der Waals surface area (Å²) in [5.74, 6) is -0.396. The molecule has 0 spiro atoms. The summed E-state index contributed by atoms with van der Waals surface area (Å²) in [4.78, 5) is 14.8. The molecular weight excluding hydrogens is 216 g/mol. The molecule has 1 rings (SSSR count). The maximum atomic E-state index is 10.7. The number of aromatic carboxylic acids is 1. The highest BCUT2D eigenvalue weighted by Gasteiger charge is 2.08. The smallest absolute Gasteiger partial charge is 0.337 e. The van der Waals surface area contributed by atoms with Crippen LogP contribution in [0.1, 0.15) is 16.1 Å². The lowest BCUT2D eigenvalue weighted by Gasteiger charge is -2.06. The average Bonchev–Trinajstić information content (AvgIpc) is 2.14. The van der Waals surface area contributed by atoms with Crippen molar-refractivity contribution in [2.24, 2.45) is 0 Å². The van der Waals surface area contributed by atoms with Crippen molar-refractivity contribution < 1.29 is 9.90 Å². The second-order valence-corrected chi connectivity index (χ2v) is 3.54. The first-order valence-corrected chi connectivity index (χ1v) is 4.66. The van der Waals surface area contributed by atoms with Crippen LogP contribution in [0.15, 0.2) is 23.7 Å². The molecule has 0 fully saturated rings. The molecule has 0 bridgehead atoms. The van der Waals surface area contributed by atoms with Crippen LogP contribution in [0, 0.1) is 6.92 Å². The lowest BCUT2D eigenvalue weighted by molar-refractivity contribution is 0.0695. The Kier molecular flexibility index (Phi) is 3.68. The normalized spacial score (nSPS) is 9.73. The summed E-state index contributed by atoms with van der Waals surface area (Å²) in [5.41, 5.74) is 0.665. The summed E-state index contributed by atoms with van der Waals surface area (Å²) < 4.78 is 0. The molecule has 5 heteroatoms. The Balaban J connectivity index is 2.82. The summed E-state index contributed by atoms with van der Waals surface area (Å²) in [5, 5.41) is 12.2. The van der Waals surface area contributed by atoms with Crippen LogP contribution in [0.5, 0.6) is 0 Å². The second kappa shape index (κ2) is 4.79. The Morgan fingerprint density at radius 1 is 1.67 bits per heavy atom. The van der Waals surface area contributed by atoms with Crippen molar-refractivity contribution in [3.05, 3.63) is 35.0 Å². The SMILES string of the molecule is C=C(Cl)CNc1ccc(C(=O)O)c(C)n1. The highest BCUT2D eigenvalue weighted by atomic mass is 35.5. The number of hydrogen-bond acceptors (Lipinski definition) is 3. The van der Waals surface area contributed by atoms with E-state index in [2.05, 4.69) is 16.9 Å². The molecule has 15 heavy (non-hydrogen) atoms. The van der Waals surface area contributed by atoms with E-state index in [0.717, 1.165) is 0 Å². The van der Waals surface area contributed by atoms with Gasteiger partial charge in [0.1, 0.15) is 5.82 Å². The predicted octanol–water partition coefficient (Wildman–Crippen LogP) is 2.25. The molecule has 80 valence electrons. The number of pyridine rings is 1. The Morgan fingerprint density at radius 2 is 2.33 bits per heavy atom. The lowest BCUT2D eigenvalue weighted by atomic mass is 10.2. The third-order valence-corrected chi connectivity index (χ3v) is 1.91. The zero-order chi connectivity index (χ0) is 11.4. The largest absolute Gasteiger partial charge is 0.478 e. The molecule has 2 N–H and O–H groups in total. The van der Waals surface area contributed by atoms with Crippen LogP contribution in [-0.4, -0.2) is 22.6 Å². The van der Waals surface area contributed by atoms with Crippen molar-refractivity contribution in [3.63, 3.8) is 0 Å². The van der Waals surface area contributed by atoms with E-state index in [1.807, 2.05) is 0 Å². The van der Waals surface area contributed by atoms with Gasteiger partial charge in [-0.3, -0.25) is 0 Å². The van der Waals surface area contributed by atoms with Crippen LogP contribution in [0.4, 0.5) is 5.82 Å². The van der Waals surface area contributed by atoms with Gasteiger partial charge in [0.2, 0.25) is 0 Å². The van der Waals surface area contributed by atoms with Crippen molar-refractivity contribution in [2.75, 3.05) is 11.9 Å². The van der Waals surface area contributed by atoms with Crippen molar-refractivity contribution in [3.8, 4) is 0 Å². The average molecular weight is 227 g/mol. The topological polar surface area (TPSA) is 62.2 Å². The molecule has 0 aliphatic rings. The molecule has 0 amide bonds. The molecule has 0 radical (unpaired) electrons. The summed E-state index contributed by atoms with van der Waals surface area (Å²) in [6.07, 6.45) is 0. The van der Waals surface area contributed by atoms with E-state index in [-0.39, 0.29) is 5.56 Å². The first-order chi connectivity index (χ1) is 7.00. The Labute approximate surface area is 92.6 Å².